The fourth-order valence-electron chi connectivity index (χ4n) is 1.46. The third kappa shape index (κ3) is 2.55. The van der Waals surface area contributed by atoms with Crippen molar-refractivity contribution in [3.63, 3.8) is 0 Å². The van der Waals surface area contributed by atoms with Crippen molar-refractivity contribution in [2.45, 2.75) is 6.54 Å². The van der Waals surface area contributed by atoms with Gasteiger partial charge in [-0.15, -0.1) is 11.3 Å². The normalized spacial score (nSPS) is 10.5. The average Bonchev–Trinajstić information content (AvgIpc) is 2.58. The van der Waals surface area contributed by atoms with E-state index in [1.54, 1.807) is 24.3 Å². The summed E-state index contributed by atoms with van der Waals surface area (Å²) in [5.41, 5.74) is 0.747. The number of hydrogen-bond donors (Lipinski definition) is 2. The molecule has 2 N–H and O–H groups in total. The van der Waals surface area contributed by atoms with Crippen molar-refractivity contribution >= 4 is 41.1 Å². The highest BCUT2D eigenvalue weighted by molar-refractivity contribution is 7.73. The number of thiazole rings is 1. The molecule has 0 spiro atoms. The standard InChI is InChI=1S/C11H8ClNO3S2/c12-7-3-1-6(2-4-7)9-10(16)13(5-8(14)15)11(17)18-9/h1-4,16H,5H2,(H,14,15). The molecule has 0 atom stereocenters. The lowest BCUT2D eigenvalue weighted by Gasteiger charge is -2.02. The molecule has 0 aliphatic carbocycles. The summed E-state index contributed by atoms with van der Waals surface area (Å²) in [6, 6.07) is 6.88. The predicted molar refractivity (Wildman–Crippen MR) is 72.9 cm³/mol. The van der Waals surface area contributed by atoms with Crippen molar-refractivity contribution in [3.05, 3.63) is 33.2 Å². The van der Waals surface area contributed by atoms with Crippen LogP contribution in [0.2, 0.25) is 5.02 Å². The molecule has 0 aliphatic rings. The summed E-state index contributed by atoms with van der Waals surface area (Å²) < 4.78 is 1.51. The summed E-state index contributed by atoms with van der Waals surface area (Å²) in [6.07, 6.45) is 0. The molecule has 2 rings (SSSR count). The minimum Gasteiger partial charge on any atom is -0.493 e. The second-order valence-corrected chi connectivity index (χ2v) is 5.59. The van der Waals surface area contributed by atoms with Gasteiger partial charge in [0.1, 0.15) is 6.54 Å². The SMILES string of the molecule is O=C(O)Cn1c(O)c(-c2ccc(Cl)cc2)sc1=S. The van der Waals surface area contributed by atoms with Crippen LogP contribution in [0.5, 0.6) is 5.88 Å². The number of hydrogen-bond acceptors (Lipinski definition) is 4. The Hall–Kier alpha value is -1.37. The van der Waals surface area contributed by atoms with E-state index in [1.165, 1.54) is 4.57 Å². The Kier molecular flexibility index (Phi) is 3.70. The first-order valence-corrected chi connectivity index (χ1v) is 6.49. The number of halogens is 1. The van der Waals surface area contributed by atoms with Crippen molar-refractivity contribution in [2.24, 2.45) is 0 Å². The molecule has 0 amide bonds. The Morgan fingerprint density at radius 2 is 2.00 bits per heavy atom. The Labute approximate surface area is 117 Å². The smallest absolute Gasteiger partial charge is 0.323 e. The van der Waals surface area contributed by atoms with Gasteiger partial charge in [0, 0.05) is 5.02 Å². The van der Waals surface area contributed by atoms with Gasteiger partial charge < -0.3 is 10.2 Å². The molecular formula is C11H8ClNO3S2. The summed E-state index contributed by atoms with van der Waals surface area (Å²) in [5.74, 6) is -1.18. The third-order valence-corrected chi connectivity index (χ3v) is 4.01. The van der Waals surface area contributed by atoms with E-state index >= 15 is 0 Å². The number of aromatic nitrogens is 1. The first-order chi connectivity index (χ1) is 8.49. The number of aromatic hydroxyl groups is 1. The molecule has 94 valence electrons. The summed E-state index contributed by atoms with van der Waals surface area (Å²) >= 11 is 12.0. The minimum absolute atomic E-state index is 0.130. The molecule has 0 fully saturated rings. The van der Waals surface area contributed by atoms with Crippen LogP contribution in [0.3, 0.4) is 0 Å². The molecule has 1 aromatic heterocycles. The maximum absolute atomic E-state index is 10.7. The number of carboxylic acid groups (broad SMARTS) is 1. The molecule has 2 aromatic rings. The fourth-order valence-corrected chi connectivity index (χ4v) is 2.88. The van der Waals surface area contributed by atoms with Crippen LogP contribution in [0.4, 0.5) is 0 Å². The van der Waals surface area contributed by atoms with E-state index in [0.717, 1.165) is 16.9 Å². The lowest BCUT2D eigenvalue weighted by molar-refractivity contribution is -0.137. The zero-order chi connectivity index (χ0) is 13.3. The highest BCUT2D eigenvalue weighted by atomic mass is 35.5. The first-order valence-electron chi connectivity index (χ1n) is 4.89. The quantitative estimate of drug-likeness (QED) is 0.853. The number of rotatable bonds is 3. The van der Waals surface area contributed by atoms with Crippen LogP contribution in [0, 0.1) is 3.95 Å². The largest absolute Gasteiger partial charge is 0.493 e. The third-order valence-electron chi connectivity index (χ3n) is 2.27. The predicted octanol–water partition coefficient (Wildman–Crippen LogP) is 3.39. The van der Waals surface area contributed by atoms with Gasteiger partial charge in [0.2, 0.25) is 5.88 Å². The van der Waals surface area contributed by atoms with Gasteiger partial charge in [-0.25, -0.2) is 0 Å². The number of carbonyl (C=O) groups is 1. The van der Waals surface area contributed by atoms with E-state index in [1.807, 2.05) is 0 Å². The van der Waals surface area contributed by atoms with E-state index in [0.29, 0.717) is 13.9 Å². The van der Waals surface area contributed by atoms with Crippen LogP contribution < -0.4 is 0 Å². The van der Waals surface area contributed by atoms with E-state index in [2.05, 4.69) is 0 Å². The molecule has 0 radical (unpaired) electrons. The van der Waals surface area contributed by atoms with Crippen LogP contribution in [-0.2, 0) is 11.3 Å². The molecular weight excluding hydrogens is 294 g/mol. The van der Waals surface area contributed by atoms with Crippen LogP contribution in [0.1, 0.15) is 0 Å². The van der Waals surface area contributed by atoms with Crippen LogP contribution in [-0.4, -0.2) is 20.7 Å². The van der Waals surface area contributed by atoms with Crippen molar-refractivity contribution in [1.29, 1.82) is 0 Å². The van der Waals surface area contributed by atoms with Crippen molar-refractivity contribution in [3.8, 4) is 16.3 Å². The maximum atomic E-state index is 10.7. The molecule has 1 heterocycles. The minimum atomic E-state index is -1.05. The Balaban J connectivity index is 2.50. The summed E-state index contributed by atoms with van der Waals surface area (Å²) in [7, 11) is 0. The molecule has 0 aliphatic heterocycles. The van der Waals surface area contributed by atoms with E-state index in [9.17, 15) is 9.90 Å². The van der Waals surface area contributed by atoms with E-state index in [-0.39, 0.29) is 12.4 Å². The molecule has 0 saturated heterocycles. The van der Waals surface area contributed by atoms with E-state index < -0.39 is 5.97 Å². The topological polar surface area (TPSA) is 62.5 Å². The second-order valence-electron chi connectivity index (χ2n) is 3.51. The van der Waals surface area contributed by atoms with E-state index in [4.69, 9.17) is 28.9 Å². The molecule has 7 heteroatoms. The number of nitrogens with zero attached hydrogens (tertiary/aromatic N) is 1. The van der Waals surface area contributed by atoms with Gasteiger partial charge in [-0.05, 0) is 29.9 Å². The fraction of sp³-hybridized carbons (Fsp3) is 0.0909. The van der Waals surface area contributed by atoms with Crippen LogP contribution in [0.25, 0.3) is 10.4 Å². The molecule has 4 nitrogen and oxygen atoms in total. The highest BCUT2D eigenvalue weighted by Crippen LogP contribution is 2.36. The van der Waals surface area contributed by atoms with Crippen molar-refractivity contribution in [1.82, 2.24) is 4.57 Å². The highest BCUT2D eigenvalue weighted by Gasteiger charge is 2.15. The Morgan fingerprint density at radius 3 is 2.56 bits per heavy atom. The summed E-state index contributed by atoms with van der Waals surface area (Å²) in [6.45, 7) is -0.352. The second kappa shape index (κ2) is 5.09. The number of carboxylic acids is 1. The van der Waals surface area contributed by atoms with Gasteiger partial charge in [-0.3, -0.25) is 9.36 Å². The Morgan fingerprint density at radius 1 is 1.39 bits per heavy atom. The van der Waals surface area contributed by atoms with Gasteiger partial charge in [0.15, 0.2) is 3.95 Å². The summed E-state index contributed by atoms with van der Waals surface area (Å²) in [4.78, 5) is 11.2. The lowest BCUT2D eigenvalue weighted by atomic mass is 10.2. The maximum Gasteiger partial charge on any atom is 0.323 e. The van der Waals surface area contributed by atoms with Gasteiger partial charge in [0.25, 0.3) is 0 Å². The van der Waals surface area contributed by atoms with Crippen LogP contribution in [0.15, 0.2) is 24.3 Å². The molecule has 0 bridgehead atoms. The lowest BCUT2D eigenvalue weighted by Crippen LogP contribution is -2.07. The zero-order valence-electron chi connectivity index (χ0n) is 8.96. The molecule has 1 aromatic carbocycles. The van der Waals surface area contributed by atoms with Gasteiger partial charge in [0.05, 0.1) is 4.88 Å². The van der Waals surface area contributed by atoms with Crippen LogP contribution >= 0.6 is 35.2 Å². The molecule has 18 heavy (non-hydrogen) atoms. The number of benzene rings is 1. The average molecular weight is 302 g/mol. The van der Waals surface area contributed by atoms with Crippen molar-refractivity contribution < 1.29 is 15.0 Å². The van der Waals surface area contributed by atoms with Crippen molar-refractivity contribution in [2.75, 3.05) is 0 Å². The zero-order valence-corrected chi connectivity index (χ0v) is 11.3. The molecule has 0 saturated carbocycles. The van der Waals surface area contributed by atoms with Gasteiger partial charge in [-0.2, -0.15) is 0 Å². The van der Waals surface area contributed by atoms with Gasteiger partial charge >= 0.3 is 5.97 Å². The first kappa shape index (κ1) is 13.1. The summed E-state index contributed by atoms with van der Waals surface area (Å²) in [5, 5.41) is 19.3. The van der Waals surface area contributed by atoms with Gasteiger partial charge in [-0.1, -0.05) is 23.7 Å². The molecule has 0 unspecified atom stereocenters. The monoisotopic (exact) mass is 301 g/mol. The Bertz CT molecular complexity index is 645. The number of aliphatic carboxylic acids is 1.